The molecular formula is C16H20N2O5. The van der Waals surface area contributed by atoms with Gasteiger partial charge in [-0.05, 0) is 25.0 Å². The predicted molar refractivity (Wildman–Crippen MR) is 82.4 cm³/mol. The number of amides is 1. The Labute approximate surface area is 134 Å². The van der Waals surface area contributed by atoms with Crippen LogP contribution in [0.25, 0.3) is 0 Å². The maximum absolute atomic E-state index is 12.6. The highest BCUT2D eigenvalue weighted by atomic mass is 16.6. The third-order valence-corrected chi connectivity index (χ3v) is 4.72. The predicted octanol–water partition coefficient (Wildman–Crippen LogP) is 2.48. The molecule has 23 heavy (non-hydrogen) atoms. The fraction of sp³-hybridized carbons (Fsp3) is 0.562. The number of aromatic hydroxyl groups is 1. The van der Waals surface area contributed by atoms with Crippen LogP contribution >= 0.6 is 0 Å². The summed E-state index contributed by atoms with van der Waals surface area (Å²) in [4.78, 5) is 24.4. The van der Waals surface area contributed by atoms with Gasteiger partial charge in [-0.25, -0.2) is 0 Å². The van der Waals surface area contributed by atoms with E-state index in [1.807, 2.05) is 0 Å². The maximum Gasteiger partial charge on any atom is 0.310 e. The molecule has 0 aromatic heterocycles. The number of phenols is 1. The summed E-state index contributed by atoms with van der Waals surface area (Å²) in [6, 6.07) is 3.73. The van der Waals surface area contributed by atoms with E-state index in [1.54, 1.807) is 4.90 Å². The summed E-state index contributed by atoms with van der Waals surface area (Å²) in [6.07, 6.45) is 5.35. The number of benzene rings is 1. The maximum atomic E-state index is 12.6. The molecule has 1 spiro atoms. The summed E-state index contributed by atoms with van der Waals surface area (Å²) < 4.78 is 5.96. The Balaban J connectivity index is 1.77. The molecule has 2 aliphatic rings. The minimum absolute atomic E-state index is 0.219. The molecule has 1 saturated heterocycles. The Bertz CT molecular complexity index is 619. The third-order valence-electron chi connectivity index (χ3n) is 4.72. The summed E-state index contributed by atoms with van der Waals surface area (Å²) in [6.45, 7) is 1.55. The number of hydrogen-bond donors (Lipinski definition) is 1. The van der Waals surface area contributed by atoms with Crippen LogP contribution in [0.2, 0.25) is 0 Å². The van der Waals surface area contributed by atoms with Gasteiger partial charge in [0.1, 0.15) is 0 Å². The second-order valence-electron chi connectivity index (χ2n) is 6.28. The quantitative estimate of drug-likeness (QED) is 0.667. The van der Waals surface area contributed by atoms with Crippen molar-refractivity contribution < 1.29 is 19.6 Å². The summed E-state index contributed by atoms with van der Waals surface area (Å²) in [5.41, 5.74) is -0.372. The van der Waals surface area contributed by atoms with Crippen LogP contribution < -0.4 is 0 Å². The fourth-order valence-corrected chi connectivity index (χ4v) is 3.51. The topological polar surface area (TPSA) is 92.9 Å². The first-order valence-electron chi connectivity index (χ1n) is 7.91. The van der Waals surface area contributed by atoms with Gasteiger partial charge in [0, 0.05) is 18.2 Å². The molecule has 0 bridgehead atoms. The van der Waals surface area contributed by atoms with Crippen LogP contribution in [-0.4, -0.2) is 46.1 Å². The molecule has 0 radical (unpaired) electrons. The molecule has 1 heterocycles. The minimum atomic E-state index is -0.671. The largest absolute Gasteiger partial charge is 0.502 e. The van der Waals surface area contributed by atoms with Gasteiger partial charge in [-0.1, -0.05) is 19.3 Å². The van der Waals surface area contributed by atoms with Gasteiger partial charge in [-0.2, -0.15) is 0 Å². The van der Waals surface area contributed by atoms with Crippen LogP contribution in [0.1, 0.15) is 42.5 Å². The fourth-order valence-electron chi connectivity index (χ4n) is 3.51. The summed E-state index contributed by atoms with van der Waals surface area (Å²) in [7, 11) is 0. The van der Waals surface area contributed by atoms with Crippen molar-refractivity contribution in [2.75, 3.05) is 19.7 Å². The van der Waals surface area contributed by atoms with Gasteiger partial charge < -0.3 is 14.7 Å². The van der Waals surface area contributed by atoms with E-state index >= 15 is 0 Å². The molecule has 7 heteroatoms. The number of nitro groups is 1. The second kappa shape index (κ2) is 6.16. The summed E-state index contributed by atoms with van der Waals surface area (Å²) in [5.74, 6) is -0.704. The zero-order valence-electron chi connectivity index (χ0n) is 12.9. The van der Waals surface area contributed by atoms with Gasteiger partial charge >= 0.3 is 5.69 Å². The molecule has 0 atom stereocenters. The van der Waals surface area contributed by atoms with Crippen molar-refractivity contribution in [1.82, 2.24) is 4.90 Å². The number of ether oxygens (including phenoxy) is 1. The van der Waals surface area contributed by atoms with Gasteiger partial charge in [0.15, 0.2) is 5.75 Å². The Morgan fingerprint density at radius 3 is 2.70 bits per heavy atom. The molecule has 1 saturated carbocycles. The Kier molecular flexibility index (Phi) is 4.21. The summed E-state index contributed by atoms with van der Waals surface area (Å²) in [5, 5.41) is 20.5. The average Bonchev–Trinajstić information content (AvgIpc) is 2.54. The second-order valence-corrected chi connectivity index (χ2v) is 6.28. The zero-order chi connectivity index (χ0) is 16.4. The van der Waals surface area contributed by atoms with Crippen molar-refractivity contribution in [3.05, 3.63) is 33.9 Å². The van der Waals surface area contributed by atoms with Crippen molar-refractivity contribution >= 4 is 11.6 Å². The standard InChI is InChI=1S/C16H20N2O5/c19-14-10-12(4-5-13(14)18(21)22)15(20)17-8-9-23-16(11-17)6-2-1-3-7-16/h4-5,10,19H,1-3,6-9,11H2. The van der Waals surface area contributed by atoms with Crippen LogP contribution in [-0.2, 0) is 4.74 Å². The van der Waals surface area contributed by atoms with E-state index in [4.69, 9.17) is 4.74 Å². The smallest absolute Gasteiger partial charge is 0.310 e. The van der Waals surface area contributed by atoms with Gasteiger partial charge in [-0.3, -0.25) is 14.9 Å². The summed E-state index contributed by atoms with van der Waals surface area (Å²) >= 11 is 0. The highest BCUT2D eigenvalue weighted by Crippen LogP contribution is 2.35. The Morgan fingerprint density at radius 1 is 1.30 bits per heavy atom. The van der Waals surface area contributed by atoms with E-state index in [2.05, 4.69) is 0 Å². The number of carbonyl (C=O) groups excluding carboxylic acids is 1. The van der Waals surface area contributed by atoms with Crippen molar-refractivity contribution in [3.63, 3.8) is 0 Å². The first-order valence-corrected chi connectivity index (χ1v) is 7.91. The minimum Gasteiger partial charge on any atom is -0.502 e. The van der Waals surface area contributed by atoms with Gasteiger partial charge in [0.25, 0.3) is 5.91 Å². The molecule has 1 aromatic rings. The molecule has 124 valence electrons. The zero-order valence-corrected chi connectivity index (χ0v) is 12.9. The number of nitrogens with zero attached hydrogens (tertiary/aromatic N) is 2. The van der Waals surface area contributed by atoms with E-state index in [0.29, 0.717) is 19.7 Å². The van der Waals surface area contributed by atoms with Gasteiger partial charge in [0.2, 0.25) is 0 Å². The van der Waals surface area contributed by atoms with Crippen LogP contribution in [0.15, 0.2) is 18.2 Å². The number of hydrogen-bond acceptors (Lipinski definition) is 5. The van der Waals surface area contributed by atoms with E-state index < -0.39 is 16.4 Å². The number of carbonyl (C=O) groups is 1. The van der Waals surface area contributed by atoms with E-state index in [-0.39, 0.29) is 17.1 Å². The first kappa shape index (κ1) is 15.7. The van der Waals surface area contributed by atoms with Gasteiger partial charge in [-0.15, -0.1) is 0 Å². The Morgan fingerprint density at radius 2 is 2.04 bits per heavy atom. The van der Waals surface area contributed by atoms with Gasteiger partial charge in [0.05, 0.1) is 23.7 Å². The number of phenolic OH excluding ortho intramolecular Hbond substituents is 1. The van der Waals surface area contributed by atoms with Crippen LogP contribution in [0.4, 0.5) is 5.69 Å². The highest BCUT2D eigenvalue weighted by molar-refractivity contribution is 5.95. The van der Waals surface area contributed by atoms with Crippen molar-refractivity contribution in [1.29, 1.82) is 0 Å². The molecule has 2 fully saturated rings. The molecule has 1 aliphatic heterocycles. The number of morpholine rings is 1. The van der Waals surface area contributed by atoms with E-state index in [9.17, 15) is 20.0 Å². The number of rotatable bonds is 2. The molecule has 1 amide bonds. The average molecular weight is 320 g/mol. The highest BCUT2D eigenvalue weighted by Gasteiger charge is 2.39. The van der Waals surface area contributed by atoms with E-state index in [0.717, 1.165) is 25.7 Å². The lowest BCUT2D eigenvalue weighted by Crippen LogP contribution is -2.54. The van der Waals surface area contributed by atoms with Crippen LogP contribution in [0, 0.1) is 10.1 Å². The molecular weight excluding hydrogens is 300 g/mol. The van der Waals surface area contributed by atoms with Crippen molar-refractivity contribution in [3.8, 4) is 5.75 Å². The first-order chi connectivity index (χ1) is 11.0. The van der Waals surface area contributed by atoms with Crippen molar-refractivity contribution in [2.45, 2.75) is 37.7 Å². The van der Waals surface area contributed by atoms with E-state index in [1.165, 1.54) is 24.6 Å². The lowest BCUT2D eigenvalue weighted by molar-refractivity contribution is -0.385. The normalized spacial score (nSPS) is 20.4. The molecule has 3 rings (SSSR count). The Hall–Kier alpha value is -2.15. The van der Waals surface area contributed by atoms with Crippen molar-refractivity contribution in [2.24, 2.45) is 0 Å². The SMILES string of the molecule is O=C(c1ccc([N+](=O)[O-])c(O)c1)N1CCOC2(CCCCC2)C1. The molecule has 7 nitrogen and oxygen atoms in total. The molecule has 0 unspecified atom stereocenters. The van der Waals surface area contributed by atoms with Crippen LogP contribution in [0.3, 0.4) is 0 Å². The van der Waals surface area contributed by atoms with Crippen LogP contribution in [0.5, 0.6) is 5.75 Å². The third kappa shape index (κ3) is 3.14. The molecule has 1 aliphatic carbocycles. The monoisotopic (exact) mass is 320 g/mol. The molecule has 1 N–H and O–H groups in total. The lowest BCUT2D eigenvalue weighted by Gasteiger charge is -2.45. The molecule has 1 aromatic carbocycles. The number of nitro benzene ring substituents is 1. The lowest BCUT2D eigenvalue weighted by atomic mass is 9.83.